The van der Waals surface area contributed by atoms with E-state index in [2.05, 4.69) is 15.2 Å². The predicted molar refractivity (Wildman–Crippen MR) is 81.7 cm³/mol. The number of aromatic nitrogens is 1. The summed E-state index contributed by atoms with van der Waals surface area (Å²) in [7, 11) is 0. The highest BCUT2D eigenvalue weighted by atomic mass is 35.5. The molecule has 2 rings (SSSR count). The summed E-state index contributed by atoms with van der Waals surface area (Å²) in [6, 6.07) is 7.83. The molecule has 1 heterocycles. The fourth-order valence-electron chi connectivity index (χ4n) is 1.66. The van der Waals surface area contributed by atoms with Crippen molar-refractivity contribution in [2.24, 2.45) is 16.0 Å². The second kappa shape index (κ2) is 7.28. The van der Waals surface area contributed by atoms with E-state index in [0.29, 0.717) is 9.92 Å². The van der Waals surface area contributed by atoms with E-state index >= 15 is 0 Å². The molecule has 8 heteroatoms. The van der Waals surface area contributed by atoms with Crippen molar-refractivity contribution in [2.45, 2.75) is 6.54 Å². The summed E-state index contributed by atoms with van der Waals surface area (Å²) in [5, 5.41) is 7.60. The van der Waals surface area contributed by atoms with Gasteiger partial charge in [-0.15, -0.1) is 0 Å². The van der Waals surface area contributed by atoms with Gasteiger partial charge >= 0.3 is 12.1 Å². The van der Waals surface area contributed by atoms with Gasteiger partial charge in [0.05, 0.1) is 12.2 Å². The summed E-state index contributed by atoms with van der Waals surface area (Å²) in [6.45, 7) is 0.168. The van der Waals surface area contributed by atoms with Crippen LogP contribution in [0.5, 0.6) is 0 Å². The minimum absolute atomic E-state index is 0.168. The monoisotopic (exact) mass is 317 g/mol. The number of halogens is 1. The fourth-order valence-corrected chi connectivity index (χ4v) is 1.85. The van der Waals surface area contributed by atoms with Crippen LogP contribution in [0.15, 0.2) is 59.0 Å². The average molecular weight is 318 g/mol. The lowest BCUT2D eigenvalue weighted by atomic mass is 10.3. The van der Waals surface area contributed by atoms with E-state index in [4.69, 9.17) is 17.3 Å². The van der Waals surface area contributed by atoms with Crippen molar-refractivity contribution in [3.63, 3.8) is 0 Å². The Morgan fingerprint density at radius 1 is 1.27 bits per heavy atom. The number of imide groups is 1. The van der Waals surface area contributed by atoms with Gasteiger partial charge in [0, 0.05) is 17.4 Å². The van der Waals surface area contributed by atoms with Gasteiger partial charge in [-0.1, -0.05) is 28.8 Å². The highest BCUT2D eigenvalue weighted by molar-refractivity contribution is 6.31. The van der Waals surface area contributed by atoms with E-state index in [1.807, 2.05) is 0 Å². The number of anilines is 1. The summed E-state index contributed by atoms with van der Waals surface area (Å²) in [6.07, 6.45) is 3.23. The van der Waals surface area contributed by atoms with Crippen molar-refractivity contribution >= 4 is 29.4 Å². The molecule has 22 heavy (non-hydrogen) atoms. The molecule has 112 valence electrons. The number of carbonyl (C=O) groups excluding carboxylic acids is 2. The highest BCUT2D eigenvalue weighted by Gasteiger charge is 2.21. The molecule has 2 N–H and O–H groups in total. The lowest BCUT2D eigenvalue weighted by molar-refractivity contribution is 0.242. The number of rotatable bonds is 3. The molecule has 0 spiro atoms. The van der Waals surface area contributed by atoms with Crippen LogP contribution >= 0.6 is 11.6 Å². The summed E-state index contributed by atoms with van der Waals surface area (Å²) in [5.41, 5.74) is 6.23. The molecular weight excluding hydrogens is 306 g/mol. The number of carbonyl (C=O) groups is 2. The molecule has 4 amide bonds. The number of pyridine rings is 1. The topological polar surface area (TPSA) is 101 Å². The van der Waals surface area contributed by atoms with Gasteiger partial charge in [0.2, 0.25) is 0 Å². The third-order valence-corrected chi connectivity index (χ3v) is 2.85. The third-order valence-electron chi connectivity index (χ3n) is 2.61. The van der Waals surface area contributed by atoms with Gasteiger partial charge in [-0.25, -0.2) is 14.5 Å². The van der Waals surface area contributed by atoms with Crippen molar-refractivity contribution in [1.29, 1.82) is 0 Å². The number of hydrogen-bond acceptors (Lipinski definition) is 4. The zero-order valence-corrected chi connectivity index (χ0v) is 12.1. The van der Waals surface area contributed by atoms with Crippen LogP contribution in [-0.4, -0.2) is 17.0 Å². The number of amides is 4. The molecule has 0 saturated heterocycles. The second-order valence-electron chi connectivity index (χ2n) is 4.20. The maximum absolute atomic E-state index is 12.0. The van der Waals surface area contributed by atoms with Crippen LogP contribution in [0.4, 0.5) is 15.3 Å². The van der Waals surface area contributed by atoms with Crippen molar-refractivity contribution in [3.8, 4) is 0 Å². The molecule has 0 aliphatic carbocycles. The van der Waals surface area contributed by atoms with Gasteiger partial charge in [0.15, 0.2) is 0 Å². The van der Waals surface area contributed by atoms with Crippen LogP contribution in [-0.2, 0) is 6.54 Å². The summed E-state index contributed by atoms with van der Waals surface area (Å²) < 4.78 is 0. The molecule has 0 bridgehead atoms. The average Bonchev–Trinajstić information content (AvgIpc) is 2.48. The molecule has 0 aliphatic rings. The lowest BCUT2D eigenvalue weighted by Crippen LogP contribution is -2.39. The van der Waals surface area contributed by atoms with Crippen molar-refractivity contribution in [2.75, 3.05) is 4.90 Å². The smallest absolute Gasteiger partial charge is 0.351 e. The van der Waals surface area contributed by atoms with E-state index in [0.717, 1.165) is 5.56 Å². The Balaban J connectivity index is 2.12. The molecular formula is C14H12ClN5O2. The molecule has 0 unspecified atom stereocenters. The van der Waals surface area contributed by atoms with Crippen LogP contribution in [0.25, 0.3) is 0 Å². The van der Waals surface area contributed by atoms with Crippen molar-refractivity contribution < 1.29 is 9.59 Å². The first-order chi connectivity index (χ1) is 10.6. The Morgan fingerprint density at radius 3 is 2.73 bits per heavy atom. The highest BCUT2D eigenvalue weighted by Crippen LogP contribution is 2.20. The van der Waals surface area contributed by atoms with E-state index in [1.54, 1.807) is 36.7 Å². The van der Waals surface area contributed by atoms with E-state index in [1.165, 1.54) is 12.1 Å². The predicted octanol–water partition coefficient (Wildman–Crippen LogP) is 3.39. The van der Waals surface area contributed by atoms with Gasteiger partial charge in [0.1, 0.15) is 0 Å². The number of benzene rings is 1. The lowest BCUT2D eigenvalue weighted by Gasteiger charge is -2.15. The Kier molecular flexibility index (Phi) is 5.16. The molecule has 0 saturated carbocycles. The number of primary amides is 1. The molecule has 0 atom stereocenters. The molecule has 0 radical (unpaired) electrons. The number of hydrogen-bond donors (Lipinski definition) is 1. The minimum atomic E-state index is -0.965. The summed E-state index contributed by atoms with van der Waals surface area (Å²) >= 11 is 5.83. The third kappa shape index (κ3) is 4.10. The first-order valence-electron chi connectivity index (χ1n) is 6.23. The maximum Gasteiger partial charge on any atom is 0.374 e. The minimum Gasteiger partial charge on any atom is -0.351 e. The standard InChI is InChI=1S/C14H12ClN5O2/c15-11-4-1-5-12(7-11)20(13(16)21)14(22)19-18-9-10-3-2-6-17-8-10/h1-8H,9H2,(H2,16,21). The molecule has 1 aromatic heterocycles. The normalized spacial score (nSPS) is 10.6. The fraction of sp³-hybridized carbons (Fsp3) is 0.0714. The van der Waals surface area contributed by atoms with E-state index < -0.39 is 12.1 Å². The van der Waals surface area contributed by atoms with E-state index in [-0.39, 0.29) is 12.2 Å². The number of azo groups is 1. The van der Waals surface area contributed by atoms with Crippen molar-refractivity contribution in [1.82, 2.24) is 4.98 Å². The summed E-state index contributed by atoms with van der Waals surface area (Å²) in [4.78, 5) is 28.1. The number of nitrogens with zero attached hydrogens (tertiary/aromatic N) is 4. The quantitative estimate of drug-likeness (QED) is 0.878. The van der Waals surface area contributed by atoms with Crippen LogP contribution in [0, 0.1) is 0 Å². The van der Waals surface area contributed by atoms with E-state index in [9.17, 15) is 9.59 Å². The summed E-state index contributed by atoms with van der Waals surface area (Å²) in [5.74, 6) is 0. The van der Waals surface area contributed by atoms with Gasteiger partial charge in [0.25, 0.3) is 0 Å². The Bertz CT molecular complexity index is 705. The van der Waals surface area contributed by atoms with Gasteiger partial charge in [-0.3, -0.25) is 4.98 Å². The van der Waals surface area contributed by atoms with Crippen LogP contribution in [0.2, 0.25) is 5.02 Å². The largest absolute Gasteiger partial charge is 0.374 e. The molecule has 0 aliphatic heterocycles. The number of urea groups is 2. The van der Waals surface area contributed by atoms with Crippen molar-refractivity contribution in [3.05, 3.63) is 59.4 Å². The Labute approximate surface area is 131 Å². The van der Waals surface area contributed by atoms with Gasteiger partial charge in [-0.05, 0) is 29.8 Å². The van der Waals surface area contributed by atoms with Crippen LogP contribution < -0.4 is 10.6 Å². The maximum atomic E-state index is 12.0. The molecule has 7 nitrogen and oxygen atoms in total. The van der Waals surface area contributed by atoms with Gasteiger partial charge < -0.3 is 5.73 Å². The molecule has 1 aromatic carbocycles. The Hall–Kier alpha value is -2.80. The number of nitrogens with two attached hydrogens (primary N) is 1. The first-order valence-corrected chi connectivity index (χ1v) is 6.61. The molecule has 2 aromatic rings. The van der Waals surface area contributed by atoms with Crippen LogP contribution in [0.3, 0.4) is 0 Å². The SMILES string of the molecule is NC(=O)N(C(=O)N=NCc1cccnc1)c1cccc(Cl)c1. The van der Waals surface area contributed by atoms with Gasteiger partial charge in [-0.2, -0.15) is 5.11 Å². The zero-order valence-electron chi connectivity index (χ0n) is 11.4. The Morgan fingerprint density at radius 2 is 2.09 bits per heavy atom. The van der Waals surface area contributed by atoms with Crippen LogP contribution in [0.1, 0.15) is 5.56 Å². The zero-order chi connectivity index (χ0) is 15.9. The second-order valence-corrected chi connectivity index (χ2v) is 4.63. The first kappa shape index (κ1) is 15.6. The molecule has 0 fully saturated rings.